The molecule has 36 heavy (non-hydrogen) atoms. The van der Waals surface area contributed by atoms with Crippen LogP contribution in [0, 0.1) is 0 Å². The van der Waals surface area contributed by atoms with Crippen LogP contribution in [0.15, 0.2) is 0 Å². The minimum Gasteiger partial charge on any atom is -0.269 e. The fourth-order valence-electron chi connectivity index (χ4n) is 5.40. The van der Waals surface area contributed by atoms with Crippen molar-refractivity contribution in [3.63, 3.8) is 0 Å². The molecular formula is C24H40N6O4S2. The smallest absolute Gasteiger partial charge is 0.216 e. The lowest BCUT2D eigenvalue weighted by Crippen LogP contribution is -2.39. The molecule has 4 rings (SSSR count). The average molecular weight is 541 g/mol. The van der Waals surface area contributed by atoms with E-state index in [2.05, 4.69) is 20.8 Å². The first kappa shape index (κ1) is 27.3. The summed E-state index contributed by atoms with van der Waals surface area (Å²) in [5, 5.41) is 9.54. The molecule has 0 spiro atoms. The van der Waals surface area contributed by atoms with Gasteiger partial charge in [-0.05, 0) is 31.6 Å². The number of fused-ring (bicyclic) bond motifs is 2. The van der Waals surface area contributed by atoms with Crippen molar-refractivity contribution in [2.24, 2.45) is 0 Å². The molecule has 2 aromatic rings. The summed E-state index contributed by atoms with van der Waals surface area (Å²) in [5.74, 6) is 0.304. The molecule has 2 aliphatic rings. The molecule has 0 aliphatic carbocycles. The molecule has 0 saturated heterocycles. The van der Waals surface area contributed by atoms with E-state index in [0.29, 0.717) is 45.4 Å². The van der Waals surface area contributed by atoms with Crippen LogP contribution in [0.4, 0.5) is 0 Å². The third kappa shape index (κ3) is 5.27. The molecule has 0 atom stereocenters. The van der Waals surface area contributed by atoms with Gasteiger partial charge in [-0.1, -0.05) is 27.7 Å². The van der Waals surface area contributed by atoms with Gasteiger partial charge in [0.05, 0.1) is 29.9 Å². The van der Waals surface area contributed by atoms with E-state index in [1.165, 1.54) is 10.6 Å². The van der Waals surface area contributed by atoms with E-state index in [1.807, 2.05) is 23.2 Å². The van der Waals surface area contributed by atoms with Crippen molar-refractivity contribution >= 4 is 20.0 Å². The van der Waals surface area contributed by atoms with Crippen molar-refractivity contribution in [1.29, 1.82) is 0 Å². The summed E-state index contributed by atoms with van der Waals surface area (Å²) in [5.41, 5.74) is 5.95. The molecule has 0 saturated carbocycles. The molecule has 0 unspecified atom stereocenters. The number of aromatic nitrogens is 4. The van der Waals surface area contributed by atoms with E-state index in [4.69, 9.17) is 10.2 Å². The lowest BCUT2D eigenvalue weighted by molar-refractivity contribution is 0.380. The Hall–Kier alpha value is -1.76. The maximum absolute atomic E-state index is 13.5. The van der Waals surface area contributed by atoms with E-state index in [1.54, 1.807) is 4.31 Å². The molecule has 0 radical (unpaired) electrons. The predicted octanol–water partition coefficient (Wildman–Crippen LogP) is 2.44. The van der Waals surface area contributed by atoms with Gasteiger partial charge in [0.1, 0.15) is 0 Å². The van der Waals surface area contributed by atoms with Crippen LogP contribution in [-0.4, -0.2) is 70.1 Å². The maximum atomic E-state index is 13.5. The molecule has 4 heterocycles. The Labute approximate surface area is 215 Å². The highest BCUT2D eigenvalue weighted by Crippen LogP contribution is 2.30. The van der Waals surface area contributed by atoms with Gasteiger partial charge in [0.25, 0.3) is 0 Å². The first-order chi connectivity index (χ1) is 16.8. The number of aryl methyl sites for hydroxylation is 2. The van der Waals surface area contributed by atoms with Crippen molar-refractivity contribution in [3.05, 3.63) is 33.9 Å². The maximum Gasteiger partial charge on any atom is 0.216 e. The van der Waals surface area contributed by atoms with E-state index in [-0.39, 0.29) is 24.1 Å². The van der Waals surface area contributed by atoms with Gasteiger partial charge < -0.3 is 0 Å². The first-order valence-corrected chi connectivity index (χ1v) is 16.4. The highest BCUT2D eigenvalue weighted by Gasteiger charge is 2.33. The molecule has 0 aromatic carbocycles. The van der Waals surface area contributed by atoms with E-state index >= 15 is 0 Å². The topological polar surface area (TPSA) is 110 Å². The number of hydrogen-bond donors (Lipinski definition) is 0. The zero-order valence-electron chi connectivity index (χ0n) is 22.4. The standard InChI is InChI=1S/C24H40N6O4S2/c1-7-29-22-10-12-28(16-20(22)23(25-29)17(2)3)36(33,34)14-13-30-21-9-8-11-27(35(6,31)32)15-19(21)24(26-30)18(4)5/h17-18H,7-16H2,1-6H3. The average Bonchev–Trinajstić information content (AvgIpc) is 3.26. The molecular weight excluding hydrogens is 500 g/mol. The summed E-state index contributed by atoms with van der Waals surface area (Å²) in [6.07, 6.45) is 3.27. The fourth-order valence-corrected chi connectivity index (χ4v) is 7.58. The highest BCUT2D eigenvalue weighted by atomic mass is 32.2. The fraction of sp³-hybridized carbons (Fsp3) is 0.750. The second-order valence-electron chi connectivity index (χ2n) is 10.6. The van der Waals surface area contributed by atoms with Gasteiger partial charge in [-0.15, -0.1) is 0 Å². The zero-order chi connectivity index (χ0) is 26.4. The Morgan fingerprint density at radius 2 is 1.36 bits per heavy atom. The summed E-state index contributed by atoms with van der Waals surface area (Å²) >= 11 is 0. The molecule has 2 aliphatic heterocycles. The molecule has 0 N–H and O–H groups in total. The molecule has 10 nitrogen and oxygen atoms in total. The van der Waals surface area contributed by atoms with Gasteiger partial charge in [-0.25, -0.2) is 16.8 Å². The van der Waals surface area contributed by atoms with Gasteiger partial charge in [0, 0.05) is 61.7 Å². The highest BCUT2D eigenvalue weighted by molar-refractivity contribution is 7.89. The van der Waals surface area contributed by atoms with E-state index in [0.717, 1.165) is 40.4 Å². The van der Waals surface area contributed by atoms with E-state index < -0.39 is 20.0 Å². The Morgan fingerprint density at radius 3 is 1.92 bits per heavy atom. The van der Waals surface area contributed by atoms with Crippen LogP contribution in [0.5, 0.6) is 0 Å². The number of sulfonamides is 2. The van der Waals surface area contributed by atoms with Crippen molar-refractivity contribution in [1.82, 2.24) is 28.2 Å². The van der Waals surface area contributed by atoms with Gasteiger partial charge in [-0.3, -0.25) is 9.36 Å². The molecule has 0 fully saturated rings. The minimum absolute atomic E-state index is 0.0390. The van der Waals surface area contributed by atoms with Crippen LogP contribution < -0.4 is 0 Å². The summed E-state index contributed by atoms with van der Waals surface area (Å²) in [4.78, 5) is 0. The summed E-state index contributed by atoms with van der Waals surface area (Å²) in [6.45, 7) is 12.9. The van der Waals surface area contributed by atoms with Crippen molar-refractivity contribution in [2.45, 2.75) is 91.9 Å². The minimum atomic E-state index is -3.52. The van der Waals surface area contributed by atoms with Crippen LogP contribution in [0.25, 0.3) is 0 Å². The lowest BCUT2D eigenvalue weighted by atomic mass is 10.0. The molecule has 12 heteroatoms. The number of rotatable bonds is 8. The molecule has 202 valence electrons. The van der Waals surface area contributed by atoms with Gasteiger partial charge in [-0.2, -0.15) is 18.8 Å². The molecule has 2 aromatic heterocycles. The van der Waals surface area contributed by atoms with Crippen LogP contribution in [0.1, 0.15) is 86.8 Å². The van der Waals surface area contributed by atoms with Gasteiger partial charge >= 0.3 is 0 Å². The third-order valence-electron chi connectivity index (χ3n) is 7.30. The predicted molar refractivity (Wildman–Crippen MR) is 140 cm³/mol. The Morgan fingerprint density at radius 1 is 0.806 bits per heavy atom. The Balaban J connectivity index is 1.56. The quantitative estimate of drug-likeness (QED) is 0.509. The Bertz CT molecular complexity index is 1320. The number of hydrogen-bond acceptors (Lipinski definition) is 6. The third-order valence-corrected chi connectivity index (χ3v) is 10.3. The summed E-state index contributed by atoms with van der Waals surface area (Å²) in [7, 11) is -6.84. The second-order valence-corrected chi connectivity index (χ2v) is 14.6. The van der Waals surface area contributed by atoms with Crippen molar-refractivity contribution in [3.8, 4) is 0 Å². The van der Waals surface area contributed by atoms with Crippen LogP contribution in [0.3, 0.4) is 0 Å². The second kappa shape index (κ2) is 10.2. The Kier molecular flexibility index (Phi) is 7.72. The van der Waals surface area contributed by atoms with E-state index in [9.17, 15) is 16.8 Å². The monoisotopic (exact) mass is 540 g/mol. The lowest BCUT2D eigenvalue weighted by Gasteiger charge is -2.27. The SMILES string of the molecule is CCn1nc(C(C)C)c2c1CCN(S(=O)(=O)CCn1nc(C(C)C)c3c1CCCN(S(C)(=O)=O)C3)C2. The largest absolute Gasteiger partial charge is 0.269 e. The molecule has 0 bridgehead atoms. The van der Waals surface area contributed by atoms with Crippen molar-refractivity contribution in [2.75, 3.05) is 25.1 Å². The van der Waals surface area contributed by atoms with Crippen LogP contribution >= 0.6 is 0 Å². The first-order valence-electron chi connectivity index (χ1n) is 12.9. The van der Waals surface area contributed by atoms with Crippen LogP contribution in [0.2, 0.25) is 0 Å². The summed E-state index contributed by atoms with van der Waals surface area (Å²) in [6, 6.07) is 0. The number of nitrogens with zero attached hydrogens (tertiary/aromatic N) is 6. The normalized spacial score (nSPS) is 18.0. The van der Waals surface area contributed by atoms with Gasteiger partial charge in [0.2, 0.25) is 20.0 Å². The summed E-state index contributed by atoms with van der Waals surface area (Å²) < 4.78 is 58.3. The van der Waals surface area contributed by atoms with Crippen LogP contribution in [-0.2, 0) is 59.1 Å². The van der Waals surface area contributed by atoms with Gasteiger partial charge in [0.15, 0.2) is 0 Å². The van der Waals surface area contributed by atoms with Crippen molar-refractivity contribution < 1.29 is 16.8 Å². The zero-order valence-corrected chi connectivity index (χ0v) is 24.0. The molecule has 0 amide bonds.